The first-order valence-electron chi connectivity index (χ1n) is 11.4. The molecule has 2 aliphatic rings. The molecule has 0 unspecified atom stereocenters. The topological polar surface area (TPSA) is 61.9 Å². The van der Waals surface area contributed by atoms with Crippen molar-refractivity contribution in [3.8, 4) is 0 Å². The lowest BCUT2D eigenvalue weighted by molar-refractivity contribution is 0.00776. The molecule has 1 N–H and O–H groups in total. The molecular weight excluding hydrogens is 397 g/mol. The number of ether oxygens (including phenoxy) is 1. The fraction of sp³-hybridized carbons (Fsp3) is 0.667. The quantitative estimate of drug-likeness (QED) is 0.668. The maximum Gasteiger partial charge on any atom is 0.410 e. The summed E-state index contributed by atoms with van der Waals surface area (Å²) in [7, 11) is 0. The second kappa shape index (κ2) is 9.45. The largest absolute Gasteiger partial charge is 0.444 e. The van der Waals surface area contributed by atoms with Crippen LogP contribution < -0.4 is 5.32 Å². The van der Waals surface area contributed by atoms with E-state index >= 15 is 0 Å². The van der Waals surface area contributed by atoms with Gasteiger partial charge in [-0.2, -0.15) is 0 Å². The van der Waals surface area contributed by atoms with Crippen LogP contribution in [-0.2, 0) is 4.74 Å². The van der Waals surface area contributed by atoms with E-state index in [-0.39, 0.29) is 29.4 Å². The molecule has 7 heteroatoms. The van der Waals surface area contributed by atoms with Gasteiger partial charge in [0.05, 0.1) is 0 Å². The molecule has 1 aromatic carbocycles. The molecular formula is C24H36FN3O3. The number of carbonyl (C=O) groups is 2. The van der Waals surface area contributed by atoms with Crippen molar-refractivity contribution in [2.24, 2.45) is 5.41 Å². The van der Waals surface area contributed by atoms with Gasteiger partial charge in [-0.25, -0.2) is 14.0 Å². The zero-order chi connectivity index (χ0) is 22.6. The number of nitrogens with zero attached hydrogens (tertiary/aromatic N) is 2. The summed E-state index contributed by atoms with van der Waals surface area (Å²) in [6, 6.07) is 5.96. The number of hydrogen-bond donors (Lipinski definition) is 1. The van der Waals surface area contributed by atoms with E-state index < -0.39 is 5.60 Å². The summed E-state index contributed by atoms with van der Waals surface area (Å²) in [5, 5.41) is 2.94. The molecule has 1 aromatic rings. The van der Waals surface area contributed by atoms with Crippen LogP contribution in [0.15, 0.2) is 24.3 Å². The first-order valence-corrected chi connectivity index (χ1v) is 11.4. The predicted molar refractivity (Wildman–Crippen MR) is 120 cm³/mol. The van der Waals surface area contributed by atoms with Gasteiger partial charge in [0.1, 0.15) is 11.4 Å². The second-order valence-electron chi connectivity index (χ2n) is 10.3. The zero-order valence-corrected chi connectivity index (χ0v) is 19.2. The van der Waals surface area contributed by atoms with Crippen LogP contribution in [0.3, 0.4) is 0 Å². The fourth-order valence-corrected chi connectivity index (χ4v) is 4.44. The van der Waals surface area contributed by atoms with E-state index in [9.17, 15) is 14.0 Å². The van der Waals surface area contributed by atoms with Gasteiger partial charge in [0.2, 0.25) is 0 Å². The minimum absolute atomic E-state index is 0.0682. The van der Waals surface area contributed by atoms with Gasteiger partial charge in [-0.1, -0.05) is 19.8 Å². The minimum Gasteiger partial charge on any atom is -0.444 e. The van der Waals surface area contributed by atoms with Crippen LogP contribution in [-0.4, -0.2) is 53.2 Å². The smallest absolute Gasteiger partial charge is 0.410 e. The fourth-order valence-electron chi connectivity index (χ4n) is 4.44. The molecule has 2 fully saturated rings. The highest BCUT2D eigenvalue weighted by Gasteiger charge is 2.38. The number of carbonyl (C=O) groups excluding carboxylic acids is 2. The molecule has 0 bridgehead atoms. The van der Waals surface area contributed by atoms with Crippen molar-refractivity contribution in [2.45, 2.75) is 77.9 Å². The second-order valence-corrected chi connectivity index (χ2v) is 10.3. The van der Waals surface area contributed by atoms with Crippen molar-refractivity contribution in [3.05, 3.63) is 30.1 Å². The molecule has 3 rings (SSSR count). The number of likely N-dealkylation sites (tertiary alicyclic amines) is 1. The van der Waals surface area contributed by atoms with E-state index in [1.165, 1.54) is 12.1 Å². The first-order chi connectivity index (χ1) is 14.5. The van der Waals surface area contributed by atoms with Crippen LogP contribution in [0.5, 0.6) is 0 Å². The molecule has 3 amide bonds. The predicted octanol–water partition coefficient (Wildman–Crippen LogP) is 5.64. The average Bonchev–Trinajstić information content (AvgIpc) is 3.21. The third-order valence-corrected chi connectivity index (χ3v) is 6.30. The molecule has 0 aromatic heterocycles. The Morgan fingerprint density at radius 3 is 2.29 bits per heavy atom. The highest BCUT2D eigenvalue weighted by molar-refractivity contribution is 5.89. The van der Waals surface area contributed by atoms with Gasteiger partial charge in [0.15, 0.2) is 0 Å². The standard InChI is InChI=1S/C24H36FN3O3/c1-23(2,3)31-22(30)27-15-13-24(4,14-16-27)17-28(20-7-5-6-8-20)21(29)26-19-11-9-18(25)10-12-19/h9-12,20H,5-8,13-17H2,1-4H3,(H,26,29). The van der Waals surface area contributed by atoms with Crippen LogP contribution >= 0.6 is 0 Å². The Kier molecular flexibility index (Phi) is 7.12. The lowest BCUT2D eigenvalue weighted by Crippen LogP contribution is -2.51. The van der Waals surface area contributed by atoms with Crippen molar-refractivity contribution in [1.82, 2.24) is 9.80 Å². The Bertz CT molecular complexity index is 761. The van der Waals surface area contributed by atoms with Gasteiger partial charge in [-0.15, -0.1) is 0 Å². The van der Waals surface area contributed by atoms with Crippen molar-refractivity contribution < 1.29 is 18.7 Å². The average molecular weight is 434 g/mol. The van der Waals surface area contributed by atoms with Crippen LogP contribution in [0.4, 0.5) is 19.7 Å². The number of piperidine rings is 1. The van der Waals surface area contributed by atoms with Crippen molar-refractivity contribution in [1.29, 1.82) is 0 Å². The number of amides is 3. The van der Waals surface area contributed by atoms with Crippen molar-refractivity contribution in [3.63, 3.8) is 0 Å². The normalized spacial score (nSPS) is 19.2. The molecule has 0 radical (unpaired) electrons. The van der Waals surface area contributed by atoms with E-state index in [0.717, 1.165) is 38.5 Å². The number of halogens is 1. The number of anilines is 1. The number of nitrogens with one attached hydrogen (secondary N) is 1. The summed E-state index contributed by atoms with van der Waals surface area (Å²) >= 11 is 0. The number of benzene rings is 1. The Hall–Kier alpha value is -2.31. The summed E-state index contributed by atoms with van der Waals surface area (Å²) in [6.07, 6.45) is 5.66. The van der Waals surface area contributed by atoms with Crippen molar-refractivity contribution in [2.75, 3.05) is 25.0 Å². The Morgan fingerprint density at radius 2 is 1.74 bits per heavy atom. The van der Waals surface area contributed by atoms with Crippen LogP contribution in [0.2, 0.25) is 0 Å². The van der Waals surface area contributed by atoms with Gasteiger partial charge in [0.25, 0.3) is 0 Å². The minimum atomic E-state index is -0.504. The molecule has 31 heavy (non-hydrogen) atoms. The summed E-state index contributed by atoms with van der Waals surface area (Å²) in [5.41, 5.74) is 0.0239. The Labute approximate surface area is 185 Å². The molecule has 1 aliphatic heterocycles. The van der Waals surface area contributed by atoms with Crippen molar-refractivity contribution >= 4 is 17.8 Å². The lowest BCUT2D eigenvalue weighted by atomic mass is 9.79. The summed E-state index contributed by atoms with van der Waals surface area (Å²) in [5.74, 6) is -0.324. The maximum atomic E-state index is 13.2. The van der Waals surface area contributed by atoms with E-state index in [1.54, 1.807) is 17.0 Å². The van der Waals surface area contributed by atoms with E-state index in [2.05, 4.69) is 12.2 Å². The lowest BCUT2D eigenvalue weighted by Gasteiger charge is -2.43. The molecule has 0 atom stereocenters. The third-order valence-electron chi connectivity index (χ3n) is 6.30. The zero-order valence-electron chi connectivity index (χ0n) is 19.2. The Balaban J connectivity index is 1.63. The number of hydrogen-bond acceptors (Lipinski definition) is 3. The van der Waals surface area contributed by atoms with Gasteiger partial charge in [-0.05, 0) is 76.1 Å². The first kappa shape index (κ1) is 23.4. The monoisotopic (exact) mass is 433 g/mol. The summed E-state index contributed by atoms with van der Waals surface area (Å²) in [6.45, 7) is 9.72. The maximum absolute atomic E-state index is 13.2. The number of rotatable bonds is 4. The van der Waals surface area contributed by atoms with Gasteiger partial charge in [-0.3, -0.25) is 0 Å². The van der Waals surface area contributed by atoms with Gasteiger partial charge < -0.3 is 19.9 Å². The highest BCUT2D eigenvalue weighted by Crippen LogP contribution is 2.35. The van der Waals surface area contributed by atoms with Gasteiger partial charge in [0, 0.05) is 31.4 Å². The molecule has 172 valence electrons. The summed E-state index contributed by atoms with van der Waals surface area (Å²) in [4.78, 5) is 29.3. The van der Waals surface area contributed by atoms with Gasteiger partial charge >= 0.3 is 12.1 Å². The third kappa shape index (κ3) is 6.58. The molecule has 1 saturated heterocycles. The number of urea groups is 1. The SMILES string of the molecule is CC1(CN(C(=O)Nc2ccc(F)cc2)C2CCCC2)CCN(C(=O)OC(C)(C)C)CC1. The molecule has 1 heterocycles. The van der Waals surface area contributed by atoms with Crippen LogP contribution in [0, 0.1) is 11.2 Å². The van der Waals surface area contributed by atoms with E-state index in [0.29, 0.717) is 25.3 Å². The summed E-state index contributed by atoms with van der Waals surface area (Å²) < 4.78 is 18.7. The van der Waals surface area contributed by atoms with Crippen LogP contribution in [0.1, 0.15) is 66.2 Å². The molecule has 0 spiro atoms. The van der Waals surface area contributed by atoms with E-state index in [1.807, 2.05) is 25.7 Å². The molecule has 1 aliphatic carbocycles. The highest BCUT2D eigenvalue weighted by atomic mass is 19.1. The Morgan fingerprint density at radius 1 is 1.16 bits per heavy atom. The van der Waals surface area contributed by atoms with E-state index in [4.69, 9.17) is 4.74 Å². The van der Waals surface area contributed by atoms with Crippen LogP contribution in [0.25, 0.3) is 0 Å². The molecule has 6 nitrogen and oxygen atoms in total. The molecule has 1 saturated carbocycles.